The third-order valence-corrected chi connectivity index (χ3v) is 4.56. The molecule has 0 aromatic heterocycles. The Morgan fingerprint density at radius 1 is 1.19 bits per heavy atom. The highest BCUT2D eigenvalue weighted by molar-refractivity contribution is 5.94. The molecule has 1 N–H and O–H groups in total. The fraction of sp³-hybridized carbons (Fsp3) is 0.350. The smallest absolute Gasteiger partial charge is 0.254 e. The summed E-state index contributed by atoms with van der Waals surface area (Å²) in [5, 5.41) is 2.87. The highest BCUT2D eigenvalue weighted by Gasteiger charge is 2.24. The number of hydrogen-bond donors (Lipinski definition) is 1. The minimum atomic E-state index is -0.516. The Morgan fingerprint density at radius 2 is 1.88 bits per heavy atom. The summed E-state index contributed by atoms with van der Waals surface area (Å²) in [6.07, 6.45) is 0. The van der Waals surface area contributed by atoms with Gasteiger partial charge in [0.1, 0.15) is 11.6 Å². The van der Waals surface area contributed by atoms with Crippen LogP contribution in [0.5, 0.6) is 5.75 Å². The summed E-state index contributed by atoms with van der Waals surface area (Å²) >= 11 is 0. The van der Waals surface area contributed by atoms with Crippen molar-refractivity contribution in [2.45, 2.75) is 6.04 Å². The number of carbonyl (C=O) groups is 1. The van der Waals surface area contributed by atoms with E-state index in [1.54, 1.807) is 19.2 Å². The molecule has 0 spiro atoms. The lowest BCUT2D eigenvalue weighted by Gasteiger charge is -2.35. The zero-order chi connectivity index (χ0) is 18.4. The summed E-state index contributed by atoms with van der Waals surface area (Å²) in [5.74, 6) is -0.142. The van der Waals surface area contributed by atoms with Crippen LogP contribution in [-0.4, -0.2) is 50.8 Å². The van der Waals surface area contributed by atoms with E-state index < -0.39 is 11.7 Å². The van der Waals surface area contributed by atoms with Gasteiger partial charge in [-0.05, 0) is 29.8 Å². The van der Waals surface area contributed by atoms with Crippen molar-refractivity contribution in [3.05, 3.63) is 65.5 Å². The van der Waals surface area contributed by atoms with Gasteiger partial charge in [-0.2, -0.15) is 0 Å². The van der Waals surface area contributed by atoms with Crippen molar-refractivity contribution in [1.29, 1.82) is 0 Å². The standard InChI is InChI=1S/C20H23FN2O3/c1-25-16-8-6-15(7-9-16)19(23-10-12-26-13-11-23)14-22-20(24)17-4-2-3-5-18(17)21/h2-9,19H,10-14H2,1H3,(H,22,24). The van der Waals surface area contributed by atoms with Crippen LogP contribution in [0, 0.1) is 5.82 Å². The Kier molecular flexibility index (Phi) is 6.20. The Labute approximate surface area is 152 Å². The summed E-state index contributed by atoms with van der Waals surface area (Å²) in [7, 11) is 1.63. The topological polar surface area (TPSA) is 50.8 Å². The van der Waals surface area contributed by atoms with Crippen LogP contribution >= 0.6 is 0 Å². The largest absolute Gasteiger partial charge is 0.497 e. The first-order chi connectivity index (χ1) is 12.7. The number of morpholine rings is 1. The summed E-state index contributed by atoms with van der Waals surface area (Å²) in [6, 6.07) is 13.8. The normalized spacial score (nSPS) is 16.1. The number of ether oxygens (including phenoxy) is 2. The molecular formula is C20H23FN2O3. The molecule has 0 aliphatic carbocycles. The van der Waals surface area contributed by atoms with Gasteiger partial charge in [-0.3, -0.25) is 9.69 Å². The zero-order valence-corrected chi connectivity index (χ0v) is 14.8. The third kappa shape index (κ3) is 4.39. The van der Waals surface area contributed by atoms with Crippen LogP contribution in [0.25, 0.3) is 0 Å². The maximum Gasteiger partial charge on any atom is 0.254 e. The lowest BCUT2D eigenvalue weighted by atomic mass is 10.0. The summed E-state index contributed by atoms with van der Waals surface area (Å²) in [4.78, 5) is 14.6. The maximum atomic E-state index is 13.8. The van der Waals surface area contributed by atoms with Crippen LogP contribution in [0.1, 0.15) is 22.0 Å². The molecule has 1 unspecified atom stereocenters. The molecule has 2 aromatic rings. The number of carbonyl (C=O) groups excluding carboxylic acids is 1. The molecule has 1 atom stereocenters. The van der Waals surface area contributed by atoms with Crippen molar-refractivity contribution < 1.29 is 18.7 Å². The first kappa shape index (κ1) is 18.4. The van der Waals surface area contributed by atoms with Crippen molar-refractivity contribution >= 4 is 5.91 Å². The third-order valence-electron chi connectivity index (χ3n) is 4.56. The number of methoxy groups -OCH3 is 1. The first-order valence-electron chi connectivity index (χ1n) is 8.67. The molecule has 1 saturated heterocycles. The molecule has 5 nitrogen and oxygen atoms in total. The molecule has 3 rings (SSSR count). The molecular weight excluding hydrogens is 335 g/mol. The fourth-order valence-electron chi connectivity index (χ4n) is 3.10. The van der Waals surface area contributed by atoms with Gasteiger partial charge < -0.3 is 14.8 Å². The molecule has 26 heavy (non-hydrogen) atoms. The number of rotatable bonds is 6. The van der Waals surface area contributed by atoms with Gasteiger partial charge in [0, 0.05) is 19.6 Å². The van der Waals surface area contributed by atoms with E-state index in [0.717, 1.165) is 24.4 Å². The average molecular weight is 358 g/mol. The average Bonchev–Trinajstić information content (AvgIpc) is 2.69. The second kappa shape index (κ2) is 8.78. The molecule has 1 aliphatic rings. The van der Waals surface area contributed by atoms with E-state index >= 15 is 0 Å². The number of halogens is 1. The maximum absolute atomic E-state index is 13.8. The predicted molar refractivity (Wildman–Crippen MR) is 96.9 cm³/mol. The number of nitrogens with zero attached hydrogens (tertiary/aromatic N) is 1. The predicted octanol–water partition coefficient (Wildman–Crippen LogP) is 2.64. The lowest BCUT2D eigenvalue weighted by Crippen LogP contribution is -2.43. The van der Waals surface area contributed by atoms with Gasteiger partial charge in [0.25, 0.3) is 5.91 Å². The summed E-state index contributed by atoms with van der Waals surface area (Å²) in [5.41, 5.74) is 1.13. The molecule has 1 amide bonds. The van der Waals surface area contributed by atoms with Crippen molar-refractivity contribution in [1.82, 2.24) is 10.2 Å². The summed E-state index contributed by atoms with van der Waals surface area (Å²) < 4.78 is 24.5. The van der Waals surface area contributed by atoms with Crippen molar-refractivity contribution in [2.24, 2.45) is 0 Å². The molecule has 138 valence electrons. The Bertz CT molecular complexity index is 730. The van der Waals surface area contributed by atoms with Gasteiger partial charge in [-0.25, -0.2) is 4.39 Å². The fourth-order valence-corrected chi connectivity index (χ4v) is 3.10. The van der Waals surface area contributed by atoms with Crippen LogP contribution in [0.3, 0.4) is 0 Å². The number of amides is 1. The minimum Gasteiger partial charge on any atom is -0.497 e. The number of nitrogens with one attached hydrogen (secondary N) is 1. The van der Waals surface area contributed by atoms with E-state index in [-0.39, 0.29) is 11.6 Å². The summed E-state index contributed by atoms with van der Waals surface area (Å²) in [6.45, 7) is 3.28. The molecule has 0 bridgehead atoms. The number of benzene rings is 2. The van der Waals surface area contributed by atoms with Crippen molar-refractivity contribution in [2.75, 3.05) is 40.0 Å². The Balaban J connectivity index is 1.74. The highest BCUT2D eigenvalue weighted by Crippen LogP contribution is 2.24. The quantitative estimate of drug-likeness (QED) is 0.863. The van der Waals surface area contributed by atoms with Gasteiger partial charge in [-0.1, -0.05) is 24.3 Å². The Morgan fingerprint density at radius 3 is 2.54 bits per heavy atom. The van der Waals surface area contributed by atoms with Crippen LogP contribution in [0.4, 0.5) is 4.39 Å². The lowest BCUT2D eigenvalue weighted by molar-refractivity contribution is 0.0162. The van der Waals surface area contributed by atoms with Crippen molar-refractivity contribution in [3.8, 4) is 5.75 Å². The van der Waals surface area contributed by atoms with Crippen molar-refractivity contribution in [3.63, 3.8) is 0 Å². The van der Waals surface area contributed by atoms with Gasteiger partial charge in [0.2, 0.25) is 0 Å². The van der Waals surface area contributed by atoms with Gasteiger partial charge in [0.05, 0.1) is 31.9 Å². The highest BCUT2D eigenvalue weighted by atomic mass is 19.1. The van der Waals surface area contributed by atoms with E-state index in [9.17, 15) is 9.18 Å². The van der Waals surface area contributed by atoms with Gasteiger partial charge in [-0.15, -0.1) is 0 Å². The molecule has 0 saturated carbocycles. The second-order valence-electron chi connectivity index (χ2n) is 6.13. The molecule has 0 radical (unpaired) electrons. The van der Waals surface area contributed by atoms with Crippen LogP contribution in [0.15, 0.2) is 48.5 Å². The monoisotopic (exact) mass is 358 g/mol. The van der Waals surface area contributed by atoms with Gasteiger partial charge in [0.15, 0.2) is 0 Å². The molecule has 1 fully saturated rings. The van der Waals surface area contributed by atoms with Crippen LogP contribution in [-0.2, 0) is 4.74 Å². The Hall–Kier alpha value is -2.44. The molecule has 6 heteroatoms. The molecule has 2 aromatic carbocycles. The van der Waals surface area contributed by atoms with Gasteiger partial charge >= 0.3 is 0 Å². The zero-order valence-electron chi connectivity index (χ0n) is 14.8. The SMILES string of the molecule is COc1ccc(C(CNC(=O)c2ccccc2F)N2CCOCC2)cc1. The van der Waals surface area contributed by atoms with E-state index in [2.05, 4.69) is 10.2 Å². The molecule has 1 heterocycles. The number of hydrogen-bond acceptors (Lipinski definition) is 4. The molecule has 1 aliphatic heterocycles. The van der Waals surface area contributed by atoms with E-state index in [0.29, 0.717) is 19.8 Å². The minimum absolute atomic E-state index is 0.0134. The van der Waals surface area contributed by atoms with E-state index in [4.69, 9.17) is 9.47 Å². The van der Waals surface area contributed by atoms with Crippen LogP contribution < -0.4 is 10.1 Å². The van der Waals surface area contributed by atoms with E-state index in [1.807, 2.05) is 24.3 Å². The van der Waals surface area contributed by atoms with Crippen LogP contribution in [0.2, 0.25) is 0 Å². The first-order valence-corrected chi connectivity index (χ1v) is 8.67. The second-order valence-corrected chi connectivity index (χ2v) is 6.13. The van der Waals surface area contributed by atoms with E-state index in [1.165, 1.54) is 12.1 Å².